The summed E-state index contributed by atoms with van der Waals surface area (Å²) in [5, 5.41) is 0. The van der Waals surface area contributed by atoms with E-state index in [0.717, 1.165) is 30.0 Å². The number of ether oxygens (including phenoxy) is 1. The van der Waals surface area contributed by atoms with Gasteiger partial charge in [0.2, 0.25) is 0 Å². The molecule has 1 nitrogen and oxygen atoms in total. The number of rotatable bonds is 4. The number of hydrogen-bond acceptors (Lipinski definition) is 1. The standard InChI is InChI=1S/C16H14F2O/c17-14-7-6-13(10-15(14)18)16(8-9-16)19-11-12-4-2-1-3-5-12/h1-7,10H,8-9,11H2. The molecule has 0 aliphatic heterocycles. The van der Waals surface area contributed by atoms with Gasteiger partial charge in [-0.1, -0.05) is 36.4 Å². The zero-order chi connectivity index (χ0) is 13.3. The molecule has 2 aromatic rings. The molecule has 2 aromatic carbocycles. The average Bonchev–Trinajstić information content (AvgIpc) is 3.22. The van der Waals surface area contributed by atoms with Crippen molar-refractivity contribution in [3.63, 3.8) is 0 Å². The highest BCUT2D eigenvalue weighted by Crippen LogP contribution is 2.49. The molecule has 0 heterocycles. The minimum Gasteiger partial charge on any atom is -0.366 e. The van der Waals surface area contributed by atoms with Crippen LogP contribution in [0.5, 0.6) is 0 Å². The van der Waals surface area contributed by atoms with E-state index >= 15 is 0 Å². The molecule has 0 radical (unpaired) electrons. The quantitative estimate of drug-likeness (QED) is 0.801. The van der Waals surface area contributed by atoms with Gasteiger partial charge in [0.15, 0.2) is 11.6 Å². The Morgan fingerprint density at radius 3 is 2.32 bits per heavy atom. The summed E-state index contributed by atoms with van der Waals surface area (Å²) in [6.45, 7) is 0.486. The first-order chi connectivity index (χ1) is 9.20. The van der Waals surface area contributed by atoms with Gasteiger partial charge < -0.3 is 4.74 Å². The molecule has 0 N–H and O–H groups in total. The molecule has 0 amide bonds. The van der Waals surface area contributed by atoms with Gasteiger partial charge in [-0.2, -0.15) is 0 Å². The van der Waals surface area contributed by atoms with Crippen LogP contribution in [0.2, 0.25) is 0 Å². The summed E-state index contributed by atoms with van der Waals surface area (Å²) >= 11 is 0. The Labute approximate surface area is 110 Å². The highest BCUT2D eigenvalue weighted by atomic mass is 19.2. The van der Waals surface area contributed by atoms with Crippen LogP contribution in [0.15, 0.2) is 48.5 Å². The Morgan fingerprint density at radius 1 is 0.947 bits per heavy atom. The summed E-state index contributed by atoms with van der Waals surface area (Å²) in [6.07, 6.45) is 1.70. The predicted molar refractivity (Wildman–Crippen MR) is 68.5 cm³/mol. The van der Waals surface area contributed by atoms with Gasteiger partial charge in [-0.05, 0) is 36.1 Å². The first-order valence-electron chi connectivity index (χ1n) is 6.33. The van der Waals surface area contributed by atoms with E-state index in [4.69, 9.17) is 4.74 Å². The molecule has 1 fully saturated rings. The minimum absolute atomic E-state index is 0.426. The zero-order valence-corrected chi connectivity index (χ0v) is 10.4. The van der Waals surface area contributed by atoms with Crippen LogP contribution in [0.4, 0.5) is 8.78 Å². The maximum absolute atomic E-state index is 13.3. The van der Waals surface area contributed by atoms with Crippen molar-refractivity contribution in [1.82, 2.24) is 0 Å². The van der Waals surface area contributed by atoms with Crippen LogP contribution in [0.1, 0.15) is 24.0 Å². The van der Waals surface area contributed by atoms with Crippen LogP contribution in [0.25, 0.3) is 0 Å². The molecule has 0 spiro atoms. The topological polar surface area (TPSA) is 9.23 Å². The minimum atomic E-state index is -0.817. The fourth-order valence-electron chi connectivity index (χ4n) is 2.21. The molecule has 0 atom stereocenters. The van der Waals surface area contributed by atoms with Crippen LogP contribution >= 0.6 is 0 Å². The van der Waals surface area contributed by atoms with Gasteiger partial charge in [0.1, 0.15) is 0 Å². The monoisotopic (exact) mass is 260 g/mol. The first-order valence-corrected chi connectivity index (χ1v) is 6.33. The second-order valence-electron chi connectivity index (χ2n) is 4.90. The van der Waals surface area contributed by atoms with E-state index < -0.39 is 17.2 Å². The van der Waals surface area contributed by atoms with E-state index in [1.165, 1.54) is 6.07 Å². The highest BCUT2D eigenvalue weighted by Gasteiger charge is 2.46. The van der Waals surface area contributed by atoms with Crippen molar-refractivity contribution in [3.05, 3.63) is 71.3 Å². The largest absolute Gasteiger partial charge is 0.366 e. The molecule has 19 heavy (non-hydrogen) atoms. The summed E-state index contributed by atoms with van der Waals surface area (Å²) in [5.41, 5.74) is 1.38. The van der Waals surface area contributed by atoms with E-state index in [9.17, 15) is 8.78 Å². The predicted octanol–water partition coefficient (Wildman–Crippen LogP) is 4.17. The van der Waals surface area contributed by atoms with Gasteiger partial charge >= 0.3 is 0 Å². The van der Waals surface area contributed by atoms with E-state index in [0.29, 0.717) is 6.61 Å². The van der Waals surface area contributed by atoms with Gasteiger partial charge in [0.25, 0.3) is 0 Å². The summed E-state index contributed by atoms with van der Waals surface area (Å²) in [6, 6.07) is 13.8. The van der Waals surface area contributed by atoms with Gasteiger partial charge in [-0.25, -0.2) is 8.78 Å². The summed E-state index contributed by atoms with van der Waals surface area (Å²) in [4.78, 5) is 0. The second-order valence-corrected chi connectivity index (χ2v) is 4.90. The van der Waals surface area contributed by atoms with Crippen LogP contribution in [0.3, 0.4) is 0 Å². The Morgan fingerprint density at radius 2 is 1.68 bits per heavy atom. The lowest BCUT2D eigenvalue weighted by Crippen LogP contribution is -2.12. The third-order valence-electron chi connectivity index (χ3n) is 3.51. The van der Waals surface area contributed by atoms with E-state index in [-0.39, 0.29) is 0 Å². The zero-order valence-electron chi connectivity index (χ0n) is 10.4. The molecular weight excluding hydrogens is 246 g/mol. The van der Waals surface area contributed by atoms with Crippen molar-refractivity contribution in [2.24, 2.45) is 0 Å². The van der Waals surface area contributed by atoms with Crippen molar-refractivity contribution < 1.29 is 13.5 Å². The van der Waals surface area contributed by atoms with E-state index in [1.807, 2.05) is 30.3 Å². The molecule has 98 valence electrons. The Bertz CT molecular complexity index is 577. The molecule has 0 bridgehead atoms. The lowest BCUT2D eigenvalue weighted by atomic mass is 10.1. The third kappa shape index (κ3) is 2.51. The van der Waals surface area contributed by atoms with Crippen molar-refractivity contribution in [2.45, 2.75) is 25.0 Å². The molecule has 1 aliphatic carbocycles. The van der Waals surface area contributed by atoms with Crippen molar-refractivity contribution in [1.29, 1.82) is 0 Å². The molecule has 3 heteroatoms. The van der Waals surface area contributed by atoms with Crippen molar-refractivity contribution >= 4 is 0 Å². The van der Waals surface area contributed by atoms with Crippen LogP contribution < -0.4 is 0 Å². The summed E-state index contributed by atoms with van der Waals surface area (Å²) in [7, 11) is 0. The molecular formula is C16H14F2O. The molecule has 3 rings (SSSR count). The van der Waals surface area contributed by atoms with Crippen molar-refractivity contribution in [3.8, 4) is 0 Å². The van der Waals surface area contributed by atoms with Gasteiger partial charge in [-0.15, -0.1) is 0 Å². The van der Waals surface area contributed by atoms with Crippen molar-refractivity contribution in [2.75, 3.05) is 0 Å². The number of benzene rings is 2. The first kappa shape index (κ1) is 12.3. The fraction of sp³-hybridized carbons (Fsp3) is 0.250. The summed E-state index contributed by atoms with van der Waals surface area (Å²) in [5.74, 6) is -1.63. The number of hydrogen-bond donors (Lipinski definition) is 0. The fourth-order valence-corrected chi connectivity index (χ4v) is 2.21. The van der Waals surface area contributed by atoms with Crippen LogP contribution in [-0.4, -0.2) is 0 Å². The molecule has 1 saturated carbocycles. The highest BCUT2D eigenvalue weighted by molar-refractivity contribution is 5.29. The molecule has 0 aromatic heterocycles. The van der Waals surface area contributed by atoms with Gasteiger partial charge in [0, 0.05) is 0 Å². The van der Waals surface area contributed by atoms with Crippen LogP contribution in [0, 0.1) is 11.6 Å². The van der Waals surface area contributed by atoms with E-state index in [2.05, 4.69) is 0 Å². The lowest BCUT2D eigenvalue weighted by Gasteiger charge is -2.17. The van der Waals surface area contributed by atoms with Gasteiger partial charge in [-0.3, -0.25) is 0 Å². The maximum atomic E-state index is 13.3. The average molecular weight is 260 g/mol. The van der Waals surface area contributed by atoms with E-state index in [1.54, 1.807) is 6.07 Å². The molecule has 0 saturated heterocycles. The SMILES string of the molecule is Fc1ccc(C2(OCc3ccccc3)CC2)cc1F. The molecule has 1 aliphatic rings. The Kier molecular flexibility index (Phi) is 3.07. The number of halogens is 2. The van der Waals surface area contributed by atoms with Gasteiger partial charge in [0.05, 0.1) is 12.2 Å². The third-order valence-corrected chi connectivity index (χ3v) is 3.51. The Hall–Kier alpha value is -1.74. The smallest absolute Gasteiger partial charge is 0.159 e. The van der Waals surface area contributed by atoms with Crippen LogP contribution in [-0.2, 0) is 16.9 Å². The maximum Gasteiger partial charge on any atom is 0.159 e. The molecule has 0 unspecified atom stereocenters. The normalized spacial score (nSPS) is 16.3. The summed E-state index contributed by atoms with van der Waals surface area (Å²) < 4.78 is 32.1. The lowest BCUT2D eigenvalue weighted by molar-refractivity contribution is 0.0169. The second kappa shape index (κ2) is 4.74. The Balaban J connectivity index is 1.74.